The third kappa shape index (κ3) is 16.2. The highest BCUT2D eigenvalue weighted by molar-refractivity contribution is 7.85. The van der Waals surface area contributed by atoms with Gasteiger partial charge < -0.3 is 4.48 Å². The summed E-state index contributed by atoms with van der Waals surface area (Å²) in [5.74, 6) is 0. The SMILES string of the molecule is CCCCCCCCCCC[N+]1(C)CCCC1.CS(=O)(=O)O. The second-order valence-corrected chi connectivity index (χ2v) is 8.52. The van der Waals surface area contributed by atoms with Gasteiger partial charge in [-0.3, -0.25) is 4.55 Å². The quantitative estimate of drug-likeness (QED) is 0.368. The zero-order valence-corrected chi connectivity index (χ0v) is 15.8. The lowest BCUT2D eigenvalue weighted by molar-refractivity contribution is -0.897. The second-order valence-electron chi connectivity index (χ2n) is 7.06. The Hall–Kier alpha value is -0.130. The molecule has 0 aromatic rings. The van der Waals surface area contributed by atoms with Crippen molar-refractivity contribution in [1.29, 1.82) is 0 Å². The van der Waals surface area contributed by atoms with Crippen molar-refractivity contribution in [2.75, 3.05) is 32.9 Å². The summed E-state index contributed by atoms with van der Waals surface area (Å²) in [5.41, 5.74) is 0. The summed E-state index contributed by atoms with van der Waals surface area (Å²) >= 11 is 0. The van der Waals surface area contributed by atoms with Gasteiger partial charge >= 0.3 is 0 Å². The molecule has 4 nitrogen and oxygen atoms in total. The highest BCUT2D eigenvalue weighted by Crippen LogP contribution is 2.18. The molecule has 0 spiro atoms. The van der Waals surface area contributed by atoms with Gasteiger partial charge in [0.2, 0.25) is 0 Å². The molecule has 5 heteroatoms. The maximum Gasteiger partial charge on any atom is 0.261 e. The summed E-state index contributed by atoms with van der Waals surface area (Å²) < 4.78 is 27.2. The average molecular weight is 337 g/mol. The third-order valence-electron chi connectivity index (χ3n) is 4.45. The van der Waals surface area contributed by atoms with E-state index in [-0.39, 0.29) is 0 Å². The van der Waals surface area contributed by atoms with E-state index in [0.717, 1.165) is 0 Å². The molecule has 0 amide bonds. The minimum Gasteiger partial charge on any atom is -0.326 e. The first-order valence-corrected chi connectivity index (χ1v) is 10.9. The van der Waals surface area contributed by atoms with E-state index in [4.69, 9.17) is 4.55 Å². The molecule has 1 saturated heterocycles. The van der Waals surface area contributed by atoms with Crippen molar-refractivity contribution in [1.82, 2.24) is 0 Å². The first kappa shape index (κ1) is 21.9. The molecule has 0 aromatic carbocycles. The number of hydrogen-bond donors (Lipinski definition) is 1. The van der Waals surface area contributed by atoms with Crippen LogP contribution in [0.2, 0.25) is 0 Å². The van der Waals surface area contributed by atoms with E-state index >= 15 is 0 Å². The van der Waals surface area contributed by atoms with Crippen LogP contribution in [0, 0.1) is 0 Å². The van der Waals surface area contributed by atoms with Gasteiger partial charge in [-0.2, -0.15) is 8.42 Å². The molecule has 1 fully saturated rings. The van der Waals surface area contributed by atoms with Crippen LogP contribution in [0.1, 0.15) is 77.6 Å². The summed E-state index contributed by atoms with van der Waals surface area (Å²) in [6.45, 7) is 6.62. The van der Waals surface area contributed by atoms with E-state index in [1.54, 1.807) is 0 Å². The van der Waals surface area contributed by atoms with Crippen LogP contribution in [0.15, 0.2) is 0 Å². The lowest BCUT2D eigenvalue weighted by atomic mass is 10.1. The molecule has 0 saturated carbocycles. The van der Waals surface area contributed by atoms with Gasteiger partial charge in [0, 0.05) is 12.8 Å². The normalized spacial score (nSPS) is 17.1. The average Bonchev–Trinajstić information content (AvgIpc) is 2.82. The van der Waals surface area contributed by atoms with Crippen molar-refractivity contribution in [3.05, 3.63) is 0 Å². The van der Waals surface area contributed by atoms with Crippen molar-refractivity contribution in [3.8, 4) is 0 Å². The fourth-order valence-corrected chi connectivity index (χ4v) is 3.13. The van der Waals surface area contributed by atoms with Crippen LogP contribution in [-0.4, -0.2) is 50.4 Å². The predicted molar refractivity (Wildman–Crippen MR) is 94.7 cm³/mol. The lowest BCUT2D eigenvalue weighted by Gasteiger charge is -2.29. The Morgan fingerprint density at radius 3 is 1.64 bits per heavy atom. The molecule has 1 aliphatic heterocycles. The van der Waals surface area contributed by atoms with E-state index in [1.165, 1.54) is 94.7 Å². The summed E-state index contributed by atoms with van der Waals surface area (Å²) in [7, 11) is -1.21. The Balaban J connectivity index is 0.000000763. The highest BCUT2D eigenvalue weighted by Gasteiger charge is 2.25. The second kappa shape index (κ2) is 12.3. The zero-order valence-electron chi connectivity index (χ0n) is 15.0. The molecule has 22 heavy (non-hydrogen) atoms. The first-order valence-electron chi connectivity index (χ1n) is 9.03. The van der Waals surface area contributed by atoms with Crippen LogP contribution in [-0.2, 0) is 10.1 Å². The maximum atomic E-state index is 9.19. The molecule has 0 atom stereocenters. The topological polar surface area (TPSA) is 54.4 Å². The molecular formula is C17H38NO3S+. The van der Waals surface area contributed by atoms with Crippen molar-refractivity contribution in [3.63, 3.8) is 0 Å². The number of nitrogens with zero attached hydrogens (tertiary/aromatic N) is 1. The summed E-state index contributed by atoms with van der Waals surface area (Å²) in [4.78, 5) is 0. The van der Waals surface area contributed by atoms with Gasteiger partial charge in [0.05, 0.1) is 32.9 Å². The van der Waals surface area contributed by atoms with Crippen LogP contribution >= 0.6 is 0 Å². The molecule has 0 unspecified atom stereocenters. The number of rotatable bonds is 10. The summed E-state index contributed by atoms with van der Waals surface area (Å²) in [6.07, 6.45) is 16.8. The van der Waals surface area contributed by atoms with E-state index in [0.29, 0.717) is 6.26 Å². The van der Waals surface area contributed by atoms with Gasteiger partial charge in [0.15, 0.2) is 0 Å². The minimum absolute atomic E-state index is 0.715. The smallest absolute Gasteiger partial charge is 0.261 e. The largest absolute Gasteiger partial charge is 0.326 e. The number of likely N-dealkylation sites (tertiary alicyclic amines) is 1. The van der Waals surface area contributed by atoms with Crippen LogP contribution in [0.3, 0.4) is 0 Å². The third-order valence-corrected chi connectivity index (χ3v) is 4.45. The van der Waals surface area contributed by atoms with Gasteiger partial charge in [0.1, 0.15) is 0 Å². The van der Waals surface area contributed by atoms with Gasteiger partial charge in [0.25, 0.3) is 10.1 Å². The van der Waals surface area contributed by atoms with Crippen LogP contribution in [0.4, 0.5) is 0 Å². The Morgan fingerprint density at radius 1 is 0.864 bits per heavy atom. The molecule has 134 valence electrons. The molecule has 1 heterocycles. The number of unbranched alkanes of at least 4 members (excludes halogenated alkanes) is 8. The first-order chi connectivity index (χ1) is 10.3. The molecule has 0 bridgehead atoms. The lowest BCUT2D eigenvalue weighted by Crippen LogP contribution is -2.41. The Kier molecular flexibility index (Phi) is 12.2. The zero-order chi connectivity index (χ0) is 16.9. The van der Waals surface area contributed by atoms with Gasteiger partial charge in [-0.25, -0.2) is 0 Å². The molecule has 0 aliphatic carbocycles. The molecule has 1 aliphatic rings. The highest BCUT2D eigenvalue weighted by atomic mass is 32.2. The maximum absolute atomic E-state index is 9.19. The van der Waals surface area contributed by atoms with Crippen LogP contribution < -0.4 is 0 Å². The van der Waals surface area contributed by atoms with E-state index in [9.17, 15) is 8.42 Å². The number of hydrogen-bond acceptors (Lipinski definition) is 2. The van der Waals surface area contributed by atoms with E-state index < -0.39 is 10.1 Å². The van der Waals surface area contributed by atoms with Crippen molar-refractivity contribution in [2.24, 2.45) is 0 Å². The molecule has 0 aromatic heterocycles. The van der Waals surface area contributed by atoms with Gasteiger partial charge in [-0.15, -0.1) is 0 Å². The van der Waals surface area contributed by atoms with E-state index in [1.807, 2.05) is 0 Å². The Morgan fingerprint density at radius 2 is 1.23 bits per heavy atom. The Labute approximate surface area is 138 Å². The molecule has 0 radical (unpaired) electrons. The standard InChI is InChI=1S/C16H34N.CH4O3S/c1-3-4-5-6-7-8-9-10-11-14-17(2)15-12-13-16-17;1-5(2,3)4/h3-16H2,1-2H3;1H3,(H,2,3,4)/q+1;. The summed E-state index contributed by atoms with van der Waals surface area (Å²) in [6, 6.07) is 0. The molecule has 1 rings (SSSR count). The fourth-order valence-electron chi connectivity index (χ4n) is 3.13. The van der Waals surface area contributed by atoms with Gasteiger partial charge in [-0.05, 0) is 12.8 Å². The predicted octanol–water partition coefficient (Wildman–Crippen LogP) is 4.26. The Bertz CT molecular complexity index is 341. The van der Waals surface area contributed by atoms with Gasteiger partial charge in [-0.1, -0.05) is 51.9 Å². The van der Waals surface area contributed by atoms with Crippen molar-refractivity contribution < 1.29 is 17.5 Å². The monoisotopic (exact) mass is 336 g/mol. The molecule has 1 N–H and O–H groups in total. The van der Waals surface area contributed by atoms with E-state index in [2.05, 4.69) is 14.0 Å². The van der Waals surface area contributed by atoms with Crippen molar-refractivity contribution in [2.45, 2.75) is 77.6 Å². The molecular weight excluding hydrogens is 298 g/mol. The minimum atomic E-state index is -3.67. The van der Waals surface area contributed by atoms with Crippen molar-refractivity contribution >= 4 is 10.1 Å². The number of quaternary nitrogens is 1. The fraction of sp³-hybridized carbons (Fsp3) is 1.00. The summed E-state index contributed by atoms with van der Waals surface area (Å²) in [5, 5.41) is 0. The van der Waals surface area contributed by atoms with Crippen LogP contribution in [0.5, 0.6) is 0 Å². The van der Waals surface area contributed by atoms with Crippen LogP contribution in [0.25, 0.3) is 0 Å².